The van der Waals surface area contributed by atoms with Crippen LogP contribution in [0.25, 0.3) is 0 Å². The lowest BCUT2D eigenvalue weighted by Gasteiger charge is -2.26. The molecule has 130 valence electrons. The highest BCUT2D eigenvalue weighted by Crippen LogP contribution is 2.34. The summed E-state index contributed by atoms with van der Waals surface area (Å²) in [5.41, 5.74) is 2.46. The van der Waals surface area contributed by atoms with Crippen LogP contribution in [-0.4, -0.2) is 43.9 Å². The molecular weight excluding hydrogens is 320 g/mol. The number of rotatable bonds is 4. The highest BCUT2D eigenvalue weighted by Gasteiger charge is 2.15. The summed E-state index contributed by atoms with van der Waals surface area (Å²) in [5.74, 6) is 1.21. The van der Waals surface area contributed by atoms with Gasteiger partial charge in [0.25, 0.3) is 5.91 Å². The first kappa shape index (κ1) is 15.9. The Morgan fingerprint density at radius 3 is 2.76 bits per heavy atom. The molecule has 0 saturated carbocycles. The van der Waals surface area contributed by atoms with Crippen LogP contribution in [0.4, 0.5) is 5.69 Å². The molecule has 1 amide bonds. The fourth-order valence-electron chi connectivity index (χ4n) is 3.01. The van der Waals surface area contributed by atoms with E-state index in [0.717, 1.165) is 38.4 Å². The molecule has 1 N–H and O–H groups in total. The maximum atomic E-state index is 12.5. The van der Waals surface area contributed by atoms with Gasteiger partial charge >= 0.3 is 0 Å². The fourth-order valence-corrected chi connectivity index (χ4v) is 3.01. The number of carbonyl (C=O) groups is 1. The SMILES string of the molecule is O=C(Nc1ccc2c(c1)OCO2)c1cccc(CN2CCOCC2)c1. The number of morpholine rings is 1. The van der Waals surface area contributed by atoms with Gasteiger partial charge in [0.15, 0.2) is 11.5 Å². The Morgan fingerprint density at radius 1 is 1.04 bits per heavy atom. The molecule has 0 spiro atoms. The molecule has 1 saturated heterocycles. The van der Waals surface area contributed by atoms with Crippen LogP contribution < -0.4 is 14.8 Å². The van der Waals surface area contributed by atoms with Gasteiger partial charge in [-0.2, -0.15) is 0 Å². The van der Waals surface area contributed by atoms with E-state index in [1.807, 2.05) is 30.3 Å². The van der Waals surface area contributed by atoms with Gasteiger partial charge < -0.3 is 19.5 Å². The highest BCUT2D eigenvalue weighted by molar-refractivity contribution is 6.04. The van der Waals surface area contributed by atoms with Crippen molar-refractivity contribution in [2.24, 2.45) is 0 Å². The normalized spacial score (nSPS) is 16.6. The molecule has 6 heteroatoms. The number of hydrogen-bond donors (Lipinski definition) is 1. The molecule has 2 aromatic carbocycles. The molecule has 2 aliphatic rings. The zero-order chi connectivity index (χ0) is 17.1. The van der Waals surface area contributed by atoms with Gasteiger partial charge in [0.1, 0.15) is 0 Å². The van der Waals surface area contributed by atoms with Gasteiger partial charge in [0.05, 0.1) is 13.2 Å². The summed E-state index contributed by atoms with van der Waals surface area (Å²) in [4.78, 5) is 14.9. The second-order valence-corrected chi connectivity index (χ2v) is 6.11. The fraction of sp³-hybridized carbons (Fsp3) is 0.316. The van der Waals surface area contributed by atoms with Crippen LogP contribution in [0, 0.1) is 0 Å². The summed E-state index contributed by atoms with van der Waals surface area (Å²) in [5, 5.41) is 2.91. The molecule has 0 bridgehead atoms. The van der Waals surface area contributed by atoms with Crippen LogP contribution in [0.5, 0.6) is 11.5 Å². The van der Waals surface area contributed by atoms with Crippen molar-refractivity contribution in [3.63, 3.8) is 0 Å². The lowest BCUT2D eigenvalue weighted by atomic mass is 10.1. The second-order valence-electron chi connectivity index (χ2n) is 6.11. The van der Waals surface area contributed by atoms with Crippen LogP contribution >= 0.6 is 0 Å². The first-order valence-electron chi connectivity index (χ1n) is 8.38. The number of amides is 1. The molecule has 4 rings (SSSR count). The molecule has 6 nitrogen and oxygen atoms in total. The van der Waals surface area contributed by atoms with Crippen LogP contribution in [-0.2, 0) is 11.3 Å². The van der Waals surface area contributed by atoms with E-state index in [2.05, 4.69) is 10.2 Å². The summed E-state index contributed by atoms with van der Waals surface area (Å²) >= 11 is 0. The van der Waals surface area contributed by atoms with E-state index < -0.39 is 0 Å². The van der Waals surface area contributed by atoms with Crippen molar-refractivity contribution in [3.05, 3.63) is 53.6 Å². The van der Waals surface area contributed by atoms with Gasteiger partial charge in [-0.15, -0.1) is 0 Å². The standard InChI is InChI=1S/C19H20N2O4/c22-19(20-16-4-5-17-18(11-16)25-13-24-17)15-3-1-2-14(10-15)12-21-6-8-23-9-7-21/h1-5,10-11H,6-9,12-13H2,(H,20,22). The second kappa shape index (κ2) is 7.13. The van der Waals surface area contributed by atoms with Crippen molar-refractivity contribution in [2.75, 3.05) is 38.4 Å². The van der Waals surface area contributed by atoms with Crippen molar-refractivity contribution in [1.82, 2.24) is 4.90 Å². The average Bonchev–Trinajstić information content (AvgIpc) is 3.10. The smallest absolute Gasteiger partial charge is 0.255 e. The van der Waals surface area contributed by atoms with E-state index >= 15 is 0 Å². The Balaban J connectivity index is 1.43. The number of fused-ring (bicyclic) bond motifs is 1. The Bertz CT molecular complexity index is 772. The Kier molecular flexibility index (Phi) is 4.54. The molecule has 0 unspecified atom stereocenters. The van der Waals surface area contributed by atoms with Crippen LogP contribution in [0.15, 0.2) is 42.5 Å². The first-order valence-corrected chi connectivity index (χ1v) is 8.38. The Morgan fingerprint density at radius 2 is 1.88 bits per heavy atom. The van der Waals surface area contributed by atoms with E-state index in [1.54, 1.807) is 12.1 Å². The molecular formula is C19H20N2O4. The Hall–Kier alpha value is -2.57. The van der Waals surface area contributed by atoms with Gasteiger partial charge in [0.2, 0.25) is 6.79 Å². The monoisotopic (exact) mass is 340 g/mol. The number of hydrogen-bond acceptors (Lipinski definition) is 5. The third-order valence-electron chi connectivity index (χ3n) is 4.33. The van der Waals surface area contributed by atoms with Gasteiger partial charge in [-0.25, -0.2) is 0 Å². The van der Waals surface area contributed by atoms with Crippen molar-refractivity contribution in [1.29, 1.82) is 0 Å². The lowest BCUT2D eigenvalue weighted by molar-refractivity contribution is 0.0342. The van der Waals surface area contributed by atoms with E-state index in [1.165, 1.54) is 0 Å². The third-order valence-corrected chi connectivity index (χ3v) is 4.33. The van der Waals surface area contributed by atoms with Gasteiger partial charge in [-0.1, -0.05) is 12.1 Å². The number of nitrogens with one attached hydrogen (secondary N) is 1. The summed E-state index contributed by atoms with van der Waals surface area (Å²) in [6.07, 6.45) is 0. The van der Waals surface area contributed by atoms with E-state index in [9.17, 15) is 4.79 Å². The number of anilines is 1. The third kappa shape index (κ3) is 3.75. The van der Waals surface area contributed by atoms with E-state index in [-0.39, 0.29) is 12.7 Å². The largest absolute Gasteiger partial charge is 0.454 e. The molecule has 0 aromatic heterocycles. The minimum absolute atomic E-state index is 0.136. The molecule has 2 heterocycles. The first-order chi connectivity index (χ1) is 12.3. The van der Waals surface area contributed by atoms with Crippen LogP contribution in [0.2, 0.25) is 0 Å². The van der Waals surface area contributed by atoms with Crippen molar-refractivity contribution >= 4 is 11.6 Å². The minimum Gasteiger partial charge on any atom is -0.454 e. The predicted molar refractivity (Wildman–Crippen MR) is 93.1 cm³/mol. The quantitative estimate of drug-likeness (QED) is 0.927. The molecule has 25 heavy (non-hydrogen) atoms. The molecule has 0 radical (unpaired) electrons. The Labute approximate surface area is 146 Å². The van der Waals surface area contributed by atoms with E-state index in [4.69, 9.17) is 14.2 Å². The lowest BCUT2D eigenvalue weighted by Crippen LogP contribution is -2.35. The van der Waals surface area contributed by atoms with Crippen LogP contribution in [0.1, 0.15) is 15.9 Å². The van der Waals surface area contributed by atoms with Gasteiger partial charge in [-0.05, 0) is 29.8 Å². The van der Waals surface area contributed by atoms with Gasteiger partial charge in [-0.3, -0.25) is 9.69 Å². The average molecular weight is 340 g/mol. The number of benzene rings is 2. The maximum absolute atomic E-state index is 12.5. The summed E-state index contributed by atoms with van der Waals surface area (Å²) in [6.45, 7) is 4.43. The number of carbonyl (C=O) groups excluding carboxylic acids is 1. The van der Waals surface area contributed by atoms with E-state index in [0.29, 0.717) is 22.7 Å². The zero-order valence-corrected chi connectivity index (χ0v) is 13.9. The maximum Gasteiger partial charge on any atom is 0.255 e. The van der Waals surface area contributed by atoms with Gasteiger partial charge in [0, 0.05) is 37.0 Å². The molecule has 1 fully saturated rings. The summed E-state index contributed by atoms with van der Waals surface area (Å²) < 4.78 is 16.0. The predicted octanol–water partition coefficient (Wildman–Crippen LogP) is 2.50. The van der Waals surface area contributed by atoms with Crippen molar-refractivity contribution < 1.29 is 19.0 Å². The van der Waals surface area contributed by atoms with Crippen LogP contribution in [0.3, 0.4) is 0 Å². The molecule has 0 aliphatic carbocycles. The topological polar surface area (TPSA) is 60.0 Å². The zero-order valence-electron chi connectivity index (χ0n) is 13.9. The minimum atomic E-state index is -0.136. The molecule has 0 atom stereocenters. The summed E-state index contributed by atoms with van der Waals surface area (Å²) in [6, 6.07) is 13.1. The molecule has 2 aliphatic heterocycles. The van der Waals surface area contributed by atoms with Crippen molar-refractivity contribution in [3.8, 4) is 11.5 Å². The summed E-state index contributed by atoms with van der Waals surface area (Å²) in [7, 11) is 0. The number of nitrogens with zero attached hydrogens (tertiary/aromatic N) is 1. The molecule has 2 aromatic rings. The van der Waals surface area contributed by atoms with Crippen molar-refractivity contribution in [2.45, 2.75) is 6.54 Å². The number of ether oxygens (including phenoxy) is 3. The highest BCUT2D eigenvalue weighted by atomic mass is 16.7.